The Labute approximate surface area is 250 Å². The highest BCUT2D eigenvalue weighted by molar-refractivity contribution is 5.94. The van der Waals surface area contributed by atoms with Crippen LogP contribution in [0.15, 0.2) is 41.3 Å². The van der Waals surface area contributed by atoms with Gasteiger partial charge in [0.05, 0.1) is 42.3 Å². The molecule has 3 aliphatic rings. The van der Waals surface area contributed by atoms with Crippen molar-refractivity contribution in [3.8, 4) is 0 Å². The number of nitrogens with one attached hydrogen (secondary N) is 1. The number of ether oxygens (including phenoxy) is 2. The van der Waals surface area contributed by atoms with Gasteiger partial charge in [0.2, 0.25) is 5.43 Å². The zero-order chi connectivity index (χ0) is 31.1. The van der Waals surface area contributed by atoms with Crippen molar-refractivity contribution in [3.63, 3.8) is 0 Å². The van der Waals surface area contributed by atoms with Crippen LogP contribution in [0.1, 0.15) is 36.2 Å². The maximum absolute atomic E-state index is 15.3. The van der Waals surface area contributed by atoms with Crippen LogP contribution in [0.2, 0.25) is 0 Å². The second kappa shape index (κ2) is 11.7. The Bertz CT molecular complexity index is 1700. The van der Waals surface area contributed by atoms with Crippen LogP contribution in [0.25, 0.3) is 10.9 Å². The smallest absolute Gasteiger partial charge is 0.414 e. The predicted molar refractivity (Wildman–Crippen MR) is 157 cm³/mol. The standard InChI is InChI=1S/C30H31F2N5O7/c1-2-43-29(41)33-14-19-15-37(30(42)44-19)18-5-6-24(22(31)11-18)34-7-9-35(10-8-34)26-13-25-20(12-23(26)32)27(38)21(28(39)40)16-36(25)17-3-4-17/h5-6,11-13,16-17,19H,2-4,7-10,14-15H2,1H3,(H,33,41)(H,39,40)/t19-/m1/s1. The number of alkyl carbamates (subject to hydrolysis) is 1. The van der Waals surface area contributed by atoms with Crippen molar-refractivity contribution >= 4 is 46.1 Å². The van der Waals surface area contributed by atoms with Crippen molar-refractivity contribution in [2.24, 2.45) is 0 Å². The summed E-state index contributed by atoms with van der Waals surface area (Å²) in [4.78, 5) is 53.3. The van der Waals surface area contributed by atoms with Gasteiger partial charge in [0.25, 0.3) is 0 Å². The van der Waals surface area contributed by atoms with E-state index in [1.807, 2.05) is 9.80 Å². The summed E-state index contributed by atoms with van der Waals surface area (Å²) in [5, 5.41) is 12.0. The van der Waals surface area contributed by atoms with Crippen LogP contribution < -0.4 is 25.4 Å². The van der Waals surface area contributed by atoms with Gasteiger partial charge in [-0.15, -0.1) is 0 Å². The first-order chi connectivity index (χ1) is 21.1. The number of anilines is 3. The van der Waals surface area contributed by atoms with Crippen LogP contribution in [0, 0.1) is 11.6 Å². The molecule has 0 bridgehead atoms. The molecule has 1 atom stereocenters. The van der Waals surface area contributed by atoms with Gasteiger partial charge in [0.15, 0.2) is 0 Å². The summed E-state index contributed by atoms with van der Waals surface area (Å²) in [7, 11) is 0. The van der Waals surface area contributed by atoms with Gasteiger partial charge in [-0.1, -0.05) is 0 Å². The first-order valence-electron chi connectivity index (χ1n) is 14.4. The van der Waals surface area contributed by atoms with Gasteiger partial charge < -0.3 is 34.3 Å². The molecule has 14 heteroatoms. The summed E-state index contributed by atoms with van der Waals surface area (Å²) in [6.45, 7) is 3.59. The SMILES string of the molecule is CCOC(=O)NC[C@@H]1CN(c2ccc(N3CCN(c4cc5c(cc4F)c(=O)c(C(=O)O)cn5C4CC4)CC3)c(F)c2)C(=O)O1. The van der Waals surface area contributed by atoms with Gasteiger partial charge in [-0.3, -0.25) is 9.69 Å². The Morgan fingerprint density at radius 2 is 1.70 bits per heavy atom. The Balaban J connectivity index is 1.14. The van der Waals surface area contributed by atoms with Crippen molar-refractivity contribution in [1.29, 1.82) is 0 Å². The zero-order valence-corrected chi connectivity index (χ0v) is 23.9. The number of rotatable bonds is 8. The number of hydrogen-bond acceptors (Lipinski definition) is 8. The molecular weight excluding hydrogens is 580 g/mol. The molecule has 1 aliphatic carbocycles. The summed E-state index contributed by atoms with van der Waals surface area (Å²) in [5.41, 5.74) is 0.339. The number of cyclic esters (lactones) is 1. The highest BCUT2D eigenvalue weighted by atomic mass is 19.1. The van der Waals surface area contributed by atoms with Crippen molar-refractivity contribution in [1.82, 2.24) is 9.88 Å². The fourth-order valence-corrected chi connectivity index (χ4v) is 5.73. The van der Waals surface area contributed by atoms with Gasteiger partial charge >= 0.3 is 18.2 Å². The summed E-state index contributed by atoms with van der Waals surface area (Å²) in [5.74, 6) is -2.51. The summed E-state index contributed by atoms with van der Waals surface area (Å²) < 4.78 is 42.5. The molecule has 2 aromatic carbocycles. The maximum Gasteiger partial charge on any atom is 0.414 e. The van der Waals surface area contributed by atoms with Crippen LogP contribution in [0.5, 0.6) is 0 Å². The highest BCUT2D eigenvalue weighted by Crippen LogP contribution is 2.38. The van der Waals surface area contributed by atoms with E-state index in [1.54, 1.807) is 29.7 Å². The van der Waals surface area contributed by atoms with Gasteiger partial charge in [-0.05, 0) is 50.1 Å². The number of nitrogens with zero attached hydrogens (tertiary/aromatic N) is 4. The van der Waals surface area contributed by atoms with Crippen LogP contribution in [-0.4, -0.2) is 79.8 Å². The lowest BCUT2D eigenvalue weighted by Gasteiger charge is -2.37. The Hall–Kier alpha value is -4.88. The molecule has 3 aromatic rings. The number of carboxylic acids is 1. The number of carbonyl (C=O) groups excluding carboxylic acids is 2. The summed E-state index contributed by atoms with van der Waals surface area (Å²) in [6.07, 6.45) is 1.16. The molecule has 232 valence electrons. The second-order valence-electron chi connectivity index (χ2n) is 11.0. The Morgan fingerprint density at radius 3 is 2.34 bits per heavy atom. The third kappa shape index (κ3) is 5.58. The summed E-state index contributed by atoms with van der Waals surface area (Å²) in [6, 6.07) is 7.25. The molecule has 44 heavy (non-hydrogen) atoms. The fraction of sp³-hybridized carbons (Fsp3) is 0.400. The number of hydrogen-bond donors (Lipinski definition) is 2. The van der Waals surface area contributed by atoms with Crippen LogP contribution in [-0.2, 0) is 9.47 Å². The molecule has 1 saturated carbocycles. The largest absolute Gasteiger partial charge is 0.477 e. The lowest BCUT2D eigenvalue weighted by atomic mass is 10.1. The molecular formula is C30H31F2N5O7. The van der Waals surface area contributed by atoms with Crippen molar-refractivity contribution in [3.05, 3.63) is 63.9 Å². The maximum atomic E-state index is 15.3. The minimum absolute atomic E-state index is 0.0299. The molecule has 1 aromatic heterocycles. The van der Waals surface area contributed by atoms with Crippen LogP contribution >= 0.6 is 0 Å². The third-order valence-electron chi connectivity index (χ3n) is 8.10. The number of aromatic nitrogens is 1. The van der Waals surface area contributed by atoms with E-state index in [9.17, 15) is 24.3 Å². The number of halogens is 2. The predicted octanol–water partition coefficient (Wildman–Crippen LogP) is 3.71. The molecule has 3 fully saturated rings. The minimum Gasteiger partial charge on any atom is -0.477 e. The van der Waals surface area contributed by atoms with Crippen molar-refractivity contribution in [2.45, 2.75) is 31.9 Å². The Kier molecular flexibility index (Phi) is 7.74. The molecule has 12 nitrogen and oxygen atoms in total. The molecule has 0 spiro atoms. The number of carbonyl (C=O) groups is 3. The molecule has 2 amide bonds. The molecule has 2 saturated heterocycles. The lowest BCUT2D eigenvalue weighted by Crippen LogP contribution is -2.47. The number of amides is 2. The molecule has 2 aliphatic heterocycles. The van der Waals surface area contributed by atoms with E-state index in [2.05, 4.69) is 5.32 Å². The van der Waals surface area contributed by atoms with E-state index >= 15 is 8.78 Å². The van der Waals surface area contributed by atoms with Crippen LogP contribution in [0.4, 0.5) is 35.4 Å². The van der Waals surface area contributed by atoms with Gasteiger partial charge in [-0.2, -0.15) is 0 Å². The number of benzene rings is 2. The second-order valence-corrected chi connectivity index (χ2v) is 11.0. The zero-order valence-electron chi connectivity index (χ0n) is 23.9. The summed E-state index contributed by atoms with van der Waals surface area (Å²) >= 11 is 0. The number of pyridine rings is 1. The quantitative estimate of drug-likeness (QED) is 0.391. The van der Waals surface area contributed by atoms with Gasteiger partial charge in [0.1, 0.15) is 23.3 Å². The number of carboxylic acid groups (broad SMARTS) is 1. The van der Waals surface area contributed by atoms with Crippen LogP contribution in [0.3, 0.4) is 0 Å². The molecule has 6 rings (SSSR count). The van der Waals surface area contributed by atoms with E-state index in [-0.39, 0.29) is 36.7 Å². The van der Waals surface area contributed by atoms with Crippen molar-refractivity contribution < 1.29 is 37.7 Å². The number of fused-ring (bicyclic) bond motifs is 1. The third-order valence-corrected chi connectivity index (χ3v) is 8.10. The number of aromatic carboxylic acids is 1. The lowest BCUT2D eigenvalue weighted by molar-refractivity contribution is 0.0694. The van der Waals surface area contributed by atoms with E-state index < -0.39 is 41.3 Å². The molecule has 3 heterocycles. The molecule has 0 radical (unpaired) electrons. The molecule has 0 unspecified atom stereocenters. The normalized spacial score (nSPS) is 18.5. The van der Waals surface area contributed by atoms with E-state index in [1.165, 1.54) is 17.2 Å². The minimum atomic E-state index is -1.35. The van der Waals surface area contributed by atoms with E-state index in [4.69, 9.17) is 9.47 Å². The topological polar surface area (TPSA) is 134 Å². The molecule has 2 N–H and O–H groups in total. The highest BCUT2D eigenvalue weighted by Gasteiger charge is 2.34. The van der Waals surface area contributed by atoms with Gasteiger partial charge in [-0.25, -0.2) is 23.2 Å². The number of piperazine rings is 1. The Morgan fingerprint density at radius 1 is 1.02 bits per heavy atom. The van der Waals surface area contributed by atoms with E-state index in [0.717, 1.165) is 18.9 Å². The first-order valence-corrected chi connectivity index (χ1v) is 14.4. The average molecular weight is 612 g/mol. The van der Waals surface area contributed by atoms with Gasteiger partial charge in [0, 0.05) is 43.8 Å². The monoisotopic (exact) mass is 611 g/mol. The fourth-order valence-electron chi connectivity index (χ4n) is 5.73. The average Bonchev–Trinajstić information content (AvgIpc) is 3.77. The first kappa shape index (κ1) is 29.2. The van der Waals surface area contributed by atoms with E-state index in [0.29, 0.717) is 48.8 Å². The van der Waals surface area contributed by atoms with Crippen molar-refractivity contribution in [2.75, 3.05) is 60.6 Å².